The number of carbonyl (C=O) groups is 2. The lowest BCUT2D eigenvalue weighted by Crippen LogP contribution is -2.30. The van der Waals surface area contributed by atoms with Gasteiger partial charge in [0.2, 0.25) is 0 Å². The molecule has 0 heterocycles. The van der Waals surface area contributed by atoms with E-state index in [0.717, 1.165) is 15.6 Å². The molecule has 0 aliphatic carbocycles. The lowest BCUT2D eigenvalue weighted by Gasteiger charge is -2.11. The van der Waals surface area contributed by atoms with Gasteiger partial charge < -0.3 is 10.6 Å². The maximum atomic E-state index is 12.8. The average molecular weight is 435 g/mol. The van der Waals surface area contributed by atoms with Crippen molar-refractivity contribution < 1.29 is 9.59 Å². The van der Waals surface area contributed by atoms with Gasteiger partial charge in [0.1, 0.15) is 5.70 Å². The van der Waals surface area contributed by atoms with E-state index in [1.54, 1.807) is 30.3 Å². The summed E-state index contributed by atoms with van der Waals surface area (Å²) in [5.41, 5.74) is 3.16. The second kappa shape index (κ2) is 9.15. The van der Waals surface area contributed by atoms with E-state index in [4.69, 9.17) is 0 Å². The Morgan fingerprint density at radius 2 is 1.50 bits per heavy atom. The van der Waals surface area contributed by atoms with Crippen molar-refractivity contribution in [3.05, 3.63) is 106 Å². The third-order valence-electron chi connectivity index (χ3n) is 4.02. The summed E-state index contributed by atoms with van der Waals surface area (Å²) >= 11 is 3.37. The van der Waals surface area contributed by atoms with E-state index in [1.807, 2.05) is 61.5 Å². The molecule has 0 spiro atoms. The number of hydrogen-bond donors (Lipinski definition) is 2. The fourth-order valence-electron chi connectivity index (χ4n) is 2.51. The van der Waals surface area contributed by atoms with Gasteiger partial charge in [0.25, 0.3) is 11.8 Å². The molecule has 4 nitrogen and oxygen atoms in total. The van der Waals surface area contributed by atoms with Gasteiger partial charge in [-0.1, -0.05) is 64.0 Å². The van der Waals surface area contributed by atoms with E-state index >= 15 is 0 Å². The van der Waals surface area contributed by atoms with Crippen molar-refractivity contribution in [2.45, 2.75) is 6.92 Å². The minimum absolute atomic E-state index is 0.166. The summed E-state index contributed by atoms with van der Waals surface area (Å²) in [6, 6.07) is 23.8. The number of nitrogens with one attached hydrogen (secondary N) is 2. The molecule has 0 radical (unpaired) electrons. The molecule has 2 N–H and O–H groups in total. The molecule has 5 heteroatoms. The van der Waals surface area contributed by atoms with Crippen LogP contribution in [0.2, 0.25) is 0 Å². The minimum atomic E-state index is -0.397. The molecule has 0 unspecified atom stereocenters. The van der Waals surface area contributed by atoms with E-state index < -0.39 is 5.91 Å². The molecule has 0 saturated carbocycles. The second-order valence-electron chi connectivity index (χ2n) is 6.25. The number of carbonyl (C=O) groups excluding carboxylic acids is 2. The standard InChI is InChI=1S/C23H19BrN2O2/c1-16-7-9-18(10-8-16)22(27)26-21(15-17-5-3-2-4-6-17)23(28)25-20-13-11-19(24)12-14-20/h2-15H,1H3,(H,25,28)(H,26,27). The molecule has 0 aliphatic heterocycles. The zero-order valence-electron chi connectivity index (χ0n) is 15.3. The molecule has 3 rings (SSSR count). The minimum Gasteiger partial charge on any atom is -0.321 e. The van der Waals surface area contributed by atoms with Crippen LogP contribution in [0.5, 0.6) is 0 Å². The first-order valence-electron chi connectivity index (χ1n) is 8.73. The summed E-state index contributed by atoms with van der Waals surface area (Å²) in [4.78, 5) is 25.4. The molecule has 3 aromatic carbocycles. The third-order valence-corrected chi connectivity index (χ3v) is 4.55. The Kier molecular flexibility index (Phi) is 6.40. The van der Waals surface area contributed by atoms with Crippen LogP contribution in [0.25, 0.3) is 6.08 Å². The zero-order chi connectivity index (χ0) is 19.9. The van der Waals surface area contributed by atoms with Gasteiger partial charge >= 0.3 is 0 Å². The van der Waals surface area contributed by atoms with Crippen LogP contribution in [0, 0.1) is 6.92 Å². The summed E-state index contributed by atoms with van der Waals surface area (Å²) in [6.45, 7) is 1.95. The number of amides is 2. The van der Waals surface area contributed by atoms with Gasteiger partial charge in [0, 0.05) is 15.7 Å². The van der Waals surface area contributed by atoms with Crippen LogP contribution in [-0.4, -0.2) is 11.8 Å². The second-order valence-corrected chi connectivity index (χ2v) is 7.17. The number of hydrogen-bond acceptors (Lipinski definition) is 2. The first kappa shape index (κ1) is 19.6. The predicted octanol–water partition coefficient (Wildman–Crippen LogP) is 5.17. The van der Waals surface area contributed by atoms with Gasteiger partial charge in [0.05, 0.1) is 0 Å². The van der Waals surface area contributed by atoms with Crippen LogP contribution in [0.3, 0.4) is 0 Å². The molecule has 3 aromatic rings. The number of rotatable bonds is 5. The smallest absolute Gasteiger partial charge is 0.272 e. The lowest BCUT2D eigenvalue weighted by atomic mass is 10.1. The first-order chi connectivity index (χ1) is 13.5. The van der Waals surface area contributed by atoms with Crippen molar-refractivity contribution in [2.24, 2.45) is 0 Å². The fraction of sp³-hybridized carbons (Fsp3) is 0.0435. The Bertz CT molecular complexity index is 995. The summed E-state index contributed by atoms with van der Waals surface area (Å²) in [7, 11) is 0. The van der Waals surface area contributed by atoms with Gasteiger partial charge in [-0.25, -0.2) is 0 Å². The molecule has 0 fully saturated rings. The molecule has 0 bridgehead atoms. The normalized spacial score (nSPS) is 11.0. The highest BCUT2D eigenvalue weighted by molar-refractivity contribution is 9.10. The van der Waals surface area contributed by atoms with Gasteiger partial charge in [-0.05, 0) is 55.0 Å². The molecule has 140 valence electrons. The molecule has 2 amide bonds. The maximum Gasteiger partial charge on any atom is 0.272 e. The molecule has 0 atom stereocenters. The van der Waals surface area contributed by atoms with Gasteiger partial charge in [0.15, 0.2) is 0 Å². The van der Waals surface area contributed by atoms with E-state index in [0.29, 0.717) is 11.3 Å². The van der Waals surface area contributed by atoms with Crippen LogP contribution in [0.1, 0.15) is 21.5 Å². The fourth-order valence-corrected chi connectivity index (χ4v) is 2.77. The van der Waals surface area contributed by atoms with Crippen molar-refractivity contribution in [2.75, 3.05) is 5.32 Å². The highest BCUT2D eigenvalue weighted by Crippen LogP contribution is 2.15. The van der Waals surface area contributed by atoms with Gasteiger partial charge in [-0.15, -0.1) is 0 Å². The van der Waals surface area contributed by atoms with Crippen molar-refractivity contribution >= 4 is 39.5 Å². The van der Waals surface area contributed by atoms with Crippen LogP contribution < -0.4 is 10.6 Å². The van der Waals surface area contributed by atoms with Crippen molar-refractivity contribution in [1.29, 1.82) is 0 Å². The Balaban J connectivity index is 1.85. The molecule has 28 heavy (non-hydrogen) atoms. The van der Waals surface area contributed by atoms with Crippen LogP contribution in [-0.2, 0) is 4.79 Å². The summed E-state index contributed by atoms with van der Waals surface area (Å²) in [5, 5.41) is 5.55. The quantitative estimate of drug-likeness (QED) is 0.544. The Hall–Kier alpha value is -3.18. The van der Waals surface area contributed by atoms with Crippen LogP contribution in [0.4, 0.5) is 5.69 Å². The monoisotopic (exact) mass is 434 g/mol. The maximum absolute atomic E-state index is 12.8. The largest absolute Gasteiger partial charge is 0.321 e. The Labute approximate surface area is 172 Å². The van der Waals surface area contributed by atoms with E-state index in [2.05, 4.69) is 26.6 Å². The third kappa shape index (κ3) is 5.41. The molecule has 0 aliphatic rings. The highest BCUT2D eigenvalue weighted by atomic mass is 79.9. The van der Waals surface area contributed by atoms with E-state index in [9.17, 15) is 9.59 Å². The SMILES string of the molecule is Cc1ccc(C(=O)NC(=Cc2ccccc2)C(=O)Nc2ccc(Br)cc2)cc1. The molecule has 0 aromatic heterocycles. The van der Waals surface area contributed by atoms with Crippen molar-refractivity contribution in [3.63, 3.8) is 0 Å². The van der Waals surface area contributed by atoms with Gasteiger partial charge in [-0.2, -0.15) is 0 Å². The number of anilines is 1. The van der Waals surface area contributed by atoms with Gasteiger partial charge in [-0.3, -0.25) is 9.59 Å². The summed E-state index contributed by atoms with van der Waals surface area (Å²) < 4.78 is 0.915. The lowest BCUT2D eigenvalue weighted by molar-refractivity contribution is -0.113. The van der Waals surface area contributed by atoms with Crippen LogP contribution >= 0.6 is 15.9 Å². The first-order valence-corrected chi connectivity index (χ1v) is 9.52. The number of aryl methyl sites for hydroxylation is 1. The van der Waals surface area contributed by atoms with Crippen molar-refractivity contribution in [1.82, 2.24) is 5.32 Å². The van der Waals surface area contributed by atoms with Crippen molar-refractivity contribution in [3.8, 4) is 0 Å². The predicted molar refractivity (Wildman–Crippen MR) is 116 cm³/mol. The zero-order valence-corrected chi connectivity index (χ0v) is 16.9. The number of halogens is 1. The Morgan fingerprint density at radius 3 is 2.14 bits per heavy atom. The average Bonchev–Trinajstić information content (AvgIpc) is 2.70. The molecular weight excluding hydrogens is 416 g/mol. The van der Waals surface area contributed by atoms with Crippen LogP contribution in [0.15, 0.2) is 89.0 Å². The Morgan fingerprint density at radius 1 is 0.857 bits per heavy atom. The number of benzene rings is 3. The van der Waals surface area contributed by atoms with E-state index in [1.165, 1.54) is 0 Å². The molecular formula is C23H19BrN2O2. The summed E-state index contributed by atoms with van der Waals surface area (Å²) in [6.07, 6.45) is 1.65. The summed E-state index contributed by atoms with van der Waals surface area (Å²) in [5.74, 6) is -0.736. The molecule has 0 saturated heterocycles. The highest BCUT2D eigenvalue weighted by Gasteiger charge is 2.15. The van der Waals surface area contributed by atoms with E-state index in [-0.39, 0.29) is 11.6 Å². The topological polar surface area (TPSA) is 58.2 Å².